The van der Waals surface area contributed by atoms with Gasteiger partial charge in [0.1, 0.15) is 0 Å². The quantitative estimate of drug-likeness (QED) is 0.152. The molecule has 3 heterocycles. The smallest absolute Gasteiger partial charge is 0.308 e. The average molecular weight is 873 g/mol. The monoisotopic (exact) mass is 872 g/mol. The van der Waals surface area contributed by atoms with Crippen LogP contribution in [0.1, 0.15) is 11.1 Å². The highest BCUT2D eigenvalue weighted by Gasteiger charge is 2.34. The summed E-state index contributed by atoms with van der Waals surface area (Å²) in [6.07, 6.45) is -4.77. The number of nitriles is 1. The summed E-state index contributed by atoms with van der Waals surface area (Å²) in [5.41, 5.74) is 8.38. The van der Waals surface area contributed by atoms with Crippen molar-refractivity contribution in [3.63, 3.8) is 0 Å². The molecule has 0 aliphatic heterocycles. The molecule has 0 N–H and O–H groups in total. The highest BCUT2D eigenvalue weighted by Crippen LogP contribution is 2.46. The van der Waals surface area contributed by atoms with E-state index in [0.717, 1.165) is 44.1 Å². The van der Waals surface area contributed by atoms with Gasteiger partial charge in [-0.1, -0.05) is 158 Å². The zero-order valence-corrected chi connectivity index (χ0v) is 35.5. The number of alkyl halides is 3. The van der Waals surface area contributed by atoms with Crippen molar-refractivity contribution in [3.05, 3.63) is 223 Å². The first kappa shape index (κ1) is 40.8. The number of halogens is 3. The van der Waals surface area contributed by atoms with Crippen molar-refractivity contribution < 1.29 is 13.2 Å². The van der Waals surface area contributed by atoms with Crippen molar-refractivity contribution in [1.29, 1.82) is 5.26 Å². The van der Waals surface area contributed by atoms with Crippen LogP contribution in [0.3, 0.4) is 0 Å². The Balaban J connectivity index is 1.30. The van der Waals surface area contributed by atoms with Crippen LogP contribution in [-0.2, 0) is 6.18 Å². The fourth-order valence-electron chi connectivity index (χ4n) is 8.71. The topological polar surface area (TPSA) is 80.3 Å². The van der Waals surface area contributed by atoms with Crippen molar-refractivity contribution in [3.8, 4) is 90.7 Å². The van der Waals surface area contributed by atoms with Crippen LogP contribution >= 0.6 is 0 Å². The number of aromatic nitrogens is 5. The minimum absolute atomic E-state index is 0.219. The zero-order chi connectivity index (χ0) is 45.5. The predicted molar refractivity (Wildman–Crippen MR) is 260 cm³/mol. The van der Waals surface area contributed by atoms with E-state index >= 15 is 13.2 Å². The molecule has 0 spiro atoms. The molecule has 0 bridgehead atoms. The van der Waals surface area contributed by atoms with E-state index in [-0.39, 0.29) is 22.5 Å². The van der Waals surface area contributed by atoms with Crippen LogP contribution in [0.25, 0.3) is 106 Å². The minimum Gasteiger partial charge on any atom is -0.308 e. The molecule has 318 valence electrons. The van der Waals surface area contributed by atoms with Gasteiger partial charge in [0.25, 0.3) is 0 Å². The summed E-state index contributed by atoms with van der Waals surface area (Å²) >= 11 is 0. The molecule has 67 heavy (non-hydrogen) atoms. The van der Waals surface area contributed by atoms with Crippen molar-refractivity contribution in [2.24, 2.45) is 0 Å². The number of rotatable bonds is 8. The van der Waals surface area contributed by atoms with Gasteiger partial charge in [-0.2, -0.15) is 18.4 Å². The van der Waals surface area contributed by atoms with Crippen molar-refractivity contribution in [2.75, 3.05) is 0 Å². The Labute approximate surface area is 383 Å². The van der Waals surface area contributed by atoms with Crippen LogP contribution < -0.4 is 0 Å². The molecule has 6 nitrogen and oxygen atoms in total. The van der Waals surface area contributed by atoms with E-state index in [1.165, 1.54) is 12.1 Å². The van der Waals surface area contributed by atoms with Gasteiger partial charge in [-0.05, 0) is 65.7 Å². The first-order valence-corrected chi connectivity index (χ1v) is 21.6. The third-order valence-corrected chi connectivity index (χ3v) is 11.9. The van der Waals surface area contributed by atoms with Gasteiger partial charge in [0.15, 0.2) is 11.6 Å². The summed E-state index contributed by atoms with van der Waals surface area (Å²) in [4.78, 5) is 20.3. The lowest BCUT2D eigenvalue weighted by molar-refractivity contribution is -0.137. The molecule has 8 aromatic carbocycles. The van der Waals surface area contributed by atoms with Gasteiger partial charge in [0.2, 0.25) is 0 Å². The number of fused-ring (bicyclic) bond motifs is 3. The first-order valence-electron chi connectivity index (χ1n) is 21.6. The van der Waals surface area contributed by atoms with Gasteiger partial charge in [0.05, 0.1) is 56.7 Å². The molecule has 11 rings (SSSR count). The molecule has 0 atom stereocenters. The van der Waals surface area contributed by atoms with E-state index < -0.39 is 11.7 Å². The molecule has 0 aliphatic rings. The summed E-state index contributed by atoms with van der Waals surface area (Å²) in [6.45, 7) is 0. The third-order valence-electron chi connectivity index (χ3n) is 11.9. The number of hydrogen-bond acceptors (Lipinski definition) is 5. The highest BCUT2D eigenvalue weighted by molar-refractivity contribution is 6.12. The maximum absolute atomic E-state index is 15.7. The number of hydrogen-bond donors (Lipinski definition) is 0. The molecule has 9 heteroatoms. The second-order valence-corrected chi connectivity index (χ2v) is 16.1. The van der Waals surface area contributed by atoms with Gasteiger partial charge >= 0.3 is 6.18 Å². The SMILES string of the molecule is N#Cc1cccc(-c2ccc3c(c2)c2ccccc2n3-c2c(-c3cc(-c4ccccc4)nc(-c4ccccc4)n3)cc(C(F)(F)F)cc2-c2cc(-c3ccccc3)nc(-c3ccccc3)n2)c1. The molecule has 0 saturated heterocycles. The van der Waals surface area contributed by atoms with E-state index in [4.69, 9.17) is 19.9 Å². The summed E-state index contributed by atoms with van der Waals surface area (Å²) in [6, 6.07) is 67.5. The zero-order valence-electron chi connectivity index (χ0n) is 35.5. The normalized spacial score (nSPS) is 11.5. The average Bonchev–Trinajstić information content (AvgIpc) is 3.72. The van der Waals surface area contributed by atoms with Crippen LogP contribution in [0.15, 0.2) is 212 Å². The van der Waals surface area contributed by atoms with E-state index in [1.807, 2.05) is 180 Å². The van der Waals surface area contributed by atoms with Gasteiger partial charge in [-0.3, -0.25) is 0 Å². The van der Waals surface area contributed by atoms with Gasteiger partial charge in [-0.25, -0.2) is 19.9 Å². The van der Waals surface area contributed by atoms with Crippen LogP contribution in [0, 0.1) is 11.3 Å². The Bertz CT molecular complexity index is 3410. The fourth-order valence-corrected chi connectivity index (χ4v) is 8.71. The van der Waals surface area contributed by atoms with Gasteiger partial charge < -0.3 is 4.57 Å². The molecule has 3 aromatic heterocycles. The van der Waals surface area contributed by atoms with Crippen LogP contribution in [0.5, 0.6) is 0 Å². The Kier molecular flexibility index (Phi) is 10.2. The molecule has 0 fully saturated rings. The Hall–Kier alpha value is -9.00. The predicted octanol–water partition coefficient (Wildman–Crippen LogP) is 14.9. The number of nitrogens with zero attached hydrogens (tertiary/aromatic N) is 6. The summed E-state index contributed by atoms with van der Waals surface area (Å²) in [7, 11) is 0. The van der Waals surface area contributed by atoms with E-state index in [2.05, 4.69) is 12.1 Å². The molecule has 11 aromatic rings. The molecule has 0 saturated carbocycles. The number of para-hydroxylation sites is 1. The standard InChI is InChI=1S/C58H35F3N6/c59-58(60,61)44-32-47(51-34-49(38-17-5-1-6-18-38)63-56(65-51)40-21-9-3-10-22-40)55(48(33-44)52-35-50(39-19-7-2-8-20-39)64-57(66-52)41-23-11-4-12-24-41)67-53-27-14-13-26-45(53)46-31-43(28-29-54(46)67)42-25-15-16-37(30-42)36-62/h1-35H. The van der Waals surface area contributed by atoms with Crippen LogP contribution in [0.2, 0.25) is 0 Å². The minimum atomic E-state index is -4.77. The Morgan fingerprint density at radius 2 is 0.836 bits per heavy atom. The van der Waals surface area contributed by atoms with Crippen molar-refractivity contribution >= 4 is 21.8 Å². The van der Waals surface area contributed by atoms with Gasteiger partial charge in [0, 0.05) is 44.2 Å². The van der Waals surface area contributed by atoms with E-state index in [1.54, 1.807) is 18.2 Å². The molecule has 0 unspecified atom stereocenters. The maximum Gasteiger partial charge on any atom is 0.416 e. The molecule has 0 amide bonds. The molecule has 0 radical (unpaired) electrons. The lowest BCUT2D eigenvalue weighted by Gasteiger charge is -2.22. The Morgan fingerprint density at radius 3 is 1.36 bits per heavy atom. The highest BCUT2D eigenvalue weighted by atomic mass is 19.4. The van der Waals surface area contributed by atoms with E-state index in [9.17, 15) is 5.26 Å². The van der Waals surface area contributed by atoms with Crippen molar-refractivity contribution in [1.82, 2.24) is 24.5 Å². The lowest BCUT2D eigenvalue weighted by Crippen LogP contribution is -2.10. The number of benzene rings is 8. The van der Waals surface area contributed by atoms with Crippen LogP contribution in [-0.4, -0.2) is 24.5 Å². The van der Waals surface area contributed by atoms with Crippen LogP contribution in [0.4, 0.5) is 13.2 Å². The first-order chi connectivity index (χ1) is 32.8. The molecular formula is C58H35F3N6. The summed E-state index contributed by atoms with van der Waals surface area (Å²) in [5, 5.41) is 11.5. The second-order valence-electron chi connectivity index (χ2n) is 16.1. The Morgan fingerprint density at radius 1 is 0.388 bits per heavy atom. The summed E-state index contributed by atoms with van der Waals surface area (Å²) < 4.78 is 49.1. The summed E-state index contributed by atoms with van der Waals surface area (Å²) in [5.74, 6) is 0.709. The lowest BCUT2D eigenvalue weighted by atomic mass is 9.95. The molecular weight excluding hydrogens is 838 g/mol. The van der Waals surface area contributed by atoms with Crippen molar-refractivity contribution in [2.45, 2.75) is 6.18 Å². The maximum atomic E-state index is 15.7. The van der Waals surface area contributed by atoms with Gasteiger partial charge in [-0.15, -0.1) is 0 Å². The second kappa shape index (κ2) is 16.8. The third kappa shape index (κ3) is 7.77. The largest absolute Gasteiger partial charge is 0.416 e. The van der Waals surface area contributed by atoms with E-state index in [0.29, 0.717) is 45.4 Å². The fraction of sp³-hybridized carbons (Fsp3) is 0.0172. The molecule has 0 aliphatic carbocycles.